The highest BCUT2D eigenvalue weighted by Crippen LogP contribution is 2.28. The smallest absolute Gasteiger partial charge is 0.311 e. The average Bonchev–Trinajstić information content (AvgIpc) is 3.12. The molecule has 3 aromatic rings. The van der Waals surface area contributed by atoms with Gasteiger partial charge < -0.3 is 10.1 Å². The topological polar surface area (TPSA) is 81.2 Å². The van der Waals surface area contributed by atoms with E-state index in [1.165, 1.54) is 34.2 Å². The fourth-order valence-electron chi connectivity index (χ4n) is 3.13. The predicted octanol–water partition coefficient (Wildman–Crippen LogP) is 4.71. The molecule has 1 N–H and O–H groups in total. The molecule has 0 aliphatic rings. The number of carbonyl (C=O) groups is 2. The second-order valence-corrected chi connectivity index (χ2v) is 8.74. The fraction of sp³-hybridized carbons (Fsp3) is 0.364. The molecule has 0 aliphatic heterocycles. The molecule has 0 unspecified atom stereocenters. The first kappa shape index (κ1) is 22.2. The highest BCUT2D eigenvalue weighted by Gasteiger charge is 2.13. The number of aromatic nitrogens is 2. The maximum Gasteiger partial charge on any atom is 0.311 e. The van der Waals surface area contributed by atoms with E-state index in [-0.39, 0.29) is 24.1 Å². The zero-order chi connectivity index (χ0) is 21.7. The fourth-order valence-corrected chi connectivity index (χ4v) is 4.74. The molecule has 1 aromatic carbocycles. The number of carbonyl (C=O) groups excluding carboxylic acids is 2. The van der Waals surface area contributed by atoms with Crippen molar-refractivity contribution in [3.63, 3.8) is 0 Å². The molecule has 0 saturated heterocycles. The van der Waals surface area contributed by atoms with Crippen molar-refractivity contribution < 1.29 is 14.3 Å². The monoisotopic (exact) mass is 443 g/mol. The van der Waals surface area contributed by atoms with Gasteiger partial charge in [-0.05, 0) is 56.0 Å². The largest absolute Gasteiger partial charge is 0.466 e. The van der Waals surface area contributed by atoms with Crippen LogP contribution in [0.2, 0.25) is 0 Å². The van der Waals surface area contributed by atoms with Crippen molar-refractivity contribution in [2.45, 2.75) is 45.6 Å². The summed E-state index contributed by atoms with van der Waals surface area (Å²) in [6.45, 7) is 8.36. The molecule has 0 spiro atoms. The molecule has 0 atom stereocenters. The van der Waals surface area contributed by atoms with E-state index >= 15 is 0 Å². The zero-order valence-electron chi connectivity index (χ0n) is 17.6. The summed E-state index contributed by atoms with van der Waals surface area (Å²) < 4.78 is 4.92. The molecule has 0 aliphatic carbocycles. The summed E-state index contributed by atoms with van der Waals surface area (Å²) in [7, 11) is 0. The van der Waals surface area contributed by atoms with Gasteiger partial charge in [-0.2, -0.15) is 0 Å². The number of thiazole rings is 1. The van der Waals surface area contributed by atoms with E-state index in [4.69, 9.17) is 9.72 Å². The van der Waals surface area contributed by atoms with Gasteiger partial charge in [0.15, 0.2) is 5.13 Å². The van der Waals surface area contributed by atoms with Crippen LogP contribution in [0.3, 0.4) is 0 Å². The lowest BCUT2D eigenvalue weighted by molar-refractivity contribution is -0.142. The minimum Gasteiger partial charge on any atom is -0.466 e. The van der Waals surface area contributed by atoms with Gasteiger partial charge >= 0.3 is 5.97 Å². The number of rotatable bonds is 8. The number of hydrogen-bond acceptors (Lipinski definition) is 7. The molecule has 0 radical (unpaired) electrons. The van der Waals surface area contributed by atoms with Crippen LogP contribution in [0.4, 0.5) is 5.13 Å². The van der Waals surface area contributed by atoms with Crippen LogP contribution in [-0.4, -0.2) is 34.2 Å². The van der Waals surface area contributed by atoms with E-state index in [0.29, 0.717) is 17.4 Å². The minimum absolute atomic E-state index is 0.106. The molecule has 0 bridgehead atoms. The van der Waals surface area contributed by atoms with Crippen LogP contribution >= 0.6 is 23.1 Å². The van der Waals surface area contributed by atoms with Gasteiger partial charge in [0.05, 0.1) is 30.0 Å². The number of amides is 1. The van der Waals surface area contributed by atoms with Gasteiger partial charge in [0, 0.05) is 10.8 Å². The predicted molar refractivity (Wildman–Crippen MR) is 122 cm³/mol. The van der Waals surface area contributed by atoms with Crippen molar-refractivity contribution in [3.8, 4) is 0 Å². The third-order valence-corrected chi connectivity index (χ3v) is 6.31. The van der Waals surface area contributed by atoms with E-state index in [1.807, 2.05) is 0 Å². The molecule has 2 heterocycles. The summed E-state index contributed by atoms with van der Waals surface area (Å²) >= 11 is 2.73. The van der Waals surface area contributed by atoms with Gasteiger partial charge in [0.1, 0.15) is 5.03 Å². The number of hydrogen-bond donors (Lipinski definition) is 1. The Morgan fingerprint density at radius 1 is 1.17 bits per heavy atom. The molecule has 8 heteroatoms. The van der Waals surface area contributed by atoms with Crippen LogP contribution in [0.1, 0.15) is 36.2 Å². The SMILES string of the molecule is CCOC(=O)Cc1csc(NC(=O)CSc2nc3cc(C)cc(C)c3cc2CC)n1. The minimum atomic E-state index is -0.323. The molecule has 30 heavy (non-hydrogen) atoms. The van der Waals surface area contributed by atoms with Crippen LogP contribution in [0.25, 0.3) is 10.9 Å². The summed E-state index contributed by atoms with van der Waals surface area (Å²) in [6.07, 6.45) is 0.957. The second-order valence-electron chi connectivity index (χ2n) is 6.92. The maximum atomic E-state index is 12.4. The molecule has 6 nitrogen and oxygen atoms in total. The lowest BCUT2D eigenvalue weighted by atomic mass is 10.0. The molecule has 0 fully saturated rings. The first-order valence-electron chi connectivity index (χ1n) is 9.83. The molecule has 158 valence electrons. The highest BCUT2D eigenvalue weighted by atomic mass is 32.2. The van der Waals surface area contributed by atoms with Crippen LogP contribution in [0.5, 0.6) is 0 Å². The number of aryl methyl sites for hydroxylation is 3. The lowest BCUT2D eigenvalue weighted by Crippen LogP contribution is -2.14. The van der Waals surface area contributed by atoms with Crippen molar-refractivity contribution in [2.75, 3.05) is 17.7 Å². The first-order chi connectivity index (χ1) is 14.4. The number of fused-ring (bicyclic) bond motifs is 1. The number of pyridine rings is 1. The Balaban J connectivity index is 1.65. The second kappa shape index (κ2) is 10.0. The van der Waals surface area contributed by atoms with Crippen molar-refractivity contribution in [1.82, 2.24) is 9.97 Å². The van der Waals surface area contributed by atoms with Gasteiger partial charge in [-0.3, -0.25) is 9.59 Å². The Morgan fingerprint density at radius 3 is 2.70 bits per heavy atom. The normalized spacial score (nSPS) is 10.9. The number of nitrogens with zero attached hydrogens (tertiary/aromatic N) is 2. The summed E-state index contributed by atoms with van der Waals surface area (Å²) in [5.41, 5.74) is 5.07. The van der Waals surface area contributed by atoms with Crippen molar-refractivity contribution in [2.24, 2.45) is 0 Å². The number of nitrogens with one attached hydrogen (secondary N) is 1. The molecule has 2 aromatic heterocycles. The van der Waals surface area contributed by atoms with Crippen LogP contribution in [0, 0.1) is 13.8 Å². The van der Waals surface area contributed by atoms with Crippen molar-refractivity contribution in [3.05, 3.63) is 46.0 Å². The van der Waals surface area contributed by atoms with E-state index in [0.717, 1.165) is 27.9 Å². The third-order valence-electron chi connectivity index (χ3n) is 4.47. The van der Waals surface area contributed by atoms with Crippen LogP contribution < -0.4 is 5.32 Å². The number of esters is 1. The Kier molecular flexibility index (Phi) is 7.44. The molecule has 3 rings (SSSR count). The number of ether oxygens (including phenoxy) is 1. The number of thioether (sulfide) groups is 1. The maximum absolute atomic E-state index is 12.4. The molecular formula is C22H25N3O3S2. The molecule has 0 saturated carbocycles. The van der Waals surface area contributed by atoms with Crippen molar-refractivity contribution >= 4 is 51.0 Å². The van der Waals surface area contributed by atoms with E-state index in [1.54, 1.807) is 12.3 Å². The van der Waals surface area contributed by atoms with Gasteiger partial charge in [-0.15, -0.1) is 11.3 Å². The van der Waals surface area contributed by atoms with E-state index in [9.17, 15) is 9.59 Å². The van der Waals surface area contributed by atoms with Gasteiger partial charge in [-0.25, -0.2) is 9.97 Å². The Bertz CT molecular complexity index is 1080. The average molecular weight is 444 g/mol. The van der Waals surface area contributed by atoms with Crippen molar-refractivity contribution in [1.29, 1.82) is 0 Å². The summed E-state index contributed by atoms with van der Waals surface area (Å²) in [4.78, 5) is 33.1. The van der Waals surface area contributed by atoms with Gasteiger partial charge in [0.25, 0.3) is 0 Å². The highest BCUT2D eigenvalue weighted by molar-refractivity contribution is 8.00. The number of benzene rings is 1. The zero-order valence-corrected chi connectivity index (χ0v) is 19.2. The van der Waals surface area contributed by atoms with Crippen LogP contribution in [0.15, 0.2) is 28.6 Å². The quantitative estimate of drug-likeness (QED) is 0.401. The van der Waals surface area contributed by atoms with E-state index in [2.05, 4.69) is 49.3 Å². The first-order valence-corrected chi connectivity index (χ1v) is 11.7. The van der Waals surface area contributed by atoms with E-state index < -0.39 is 0 Å². The third kappa shape index (κ3) is 5.58. The lowest BCUT2D eigenvalue weighted by Gasteiger charge is -2.11. The Morgan fingerprint density at radius 2 is 1.97 bits per heavy atom. The summed E-state index contributed by atoms with van der Waals surface area (Å²) in [6, 6.07) is 6.42. The standard InChI is InChI=1S/C22H25N3O3S2/c1-5-15-9-17-14(4)7-13(3)8-18(17)24-21(15)29-12-19(26)25-22-23-16(11-30-22)10-20(27)28-6-2/h7-9,11H,5-6,10,12H2,1-4H3,(H,23,25,26). The van der Waals surface area contributed by atoms with Gasteiger partial charge in [-0.1, -0.05) is 24.8 Å². The molecular weight excluding hydrogens is 418 g/mol. The summed E-state index contributed by atoms with van der Waals surface area (Å²) in [5, 5.41) is 7.07. The number of anilines is 1. The summed E-state index contributed by atoms with van der Waals surface area (Å²) in [5.74, 6) is -0.235. The molecule has 1 amide bonds. The van der Waals surface area contributed by atoms with Crippen LogP contribution in [-0.2, 0) is 27.2 Å². The van der Waals surface area contributed by atoms with Gasteiger partial charge in [0.2, 0.25) is 5.91 Å². The Hall–Kier alpha value is -2.45. The Labute approximate surface area is 184 Å².